The summed E-state index contributed by atoms with van der Waals surface area (Å²) in [5, 5.41) is 12.4. The number of carboxylic acids is 1. The first kappa shape index (κ1) is 15.6. The number of urea groups is 1. The summed E-state index contributed by atoms with van der Waals surface area (Å²) in [5.41, 5.74) is -0.0121. The molecule has 2 fully saturated rings. The van der Waals surface area contributed by atoms with E-state index in [0.717, 1.165) is 18.5 Å². The molecule has 2 aliphatic rings. The van der Waals surface area contributed by atoms with Gasteiger partial charge in [0.05, 0.1) is 31.0 Å². The molecule has 1 aromatic heterocycles. The quantitative estimate of drug-likeness (QED) is 0.877. The van der Waals surface area contributed by atoms with Gasteiger partial charge in [0.25, 0.3) is 0 Å². The molecule has 1 saturated carbocycles. The second-order valence-corrected chi connectivity index (χ2v) is 6.28. The molecule has 2 atom stereocenters. The molecule has 0 unspecified atom stereocenters. The van der Waals surface area contributed by atoms with Gasteiger partial charge < -0.3 is 20.1 Å². The van der Waals surface area contributed by atoms with E-state index in [0.29, 0.717) is 31.8 Å². The molecule has 1 aliphatic heterocycles. The molecule has 0 aromatic carbocycles. The van der Waals surface area contributed by atoms with E-state index < -0.39 is 11.4 Å². The van der Waals surface area contributed by atoms with Crippen molar-refractivity contribution in [3.8, 4) is 5.75 Å². The van der Waals surface area contributed by atoms with Crippen LogP contribution in [0, 0.1) is 11.3 Å². The number of rotatable bonds is 4. The lowest BCUT2D eigenvalue weighted by molar-refractivity contribution is -0.149. The average Bonchev–Trinajstić information content (AvgIpc) is 3.11. The predicted molar refractivity (Wildman–Crippen MR) is 82.0 cm³/mol. The molecular formula is C16H21N3O4. The Hall–Kier alpha value is -2.31. The van der Waals surface area contributed by atoms with Crippen molar-refractivity contribution in [2.45, 2.75) is 25.8 Å². The summed E-state index contributed by atoms with van der Waals surface area (Å²) in [6, 6.07) is 3.35. The smallest absolute Gasteiger partial charge is 0.317 e. The third-order valence-corrected chi connectivity index (χ3v) is 5.04. The first-order valence-corrected chi connectivity index (χ1v) is 7.80. The number of ether oxygens (including phenoxy) is 1. The Morgan fingerprint density at radius 1 is 1.52 bits per heavy atom. The number of carbonyl (C=O) groups excluding carboxylic acids is 1. The molecule has 7 heteroatoms. The fourth-order valence-electron chi connectivity index (χ4n) is 3.71. The van der Waals surface area contributed by atoms with Crippen molar-refractivity contribution in [3.63, 3.8) is 0 Å². The van der Waals surface area contributed by atoms with Crippen LogP contribution in [-0.4, -0.2) is 47.2 Å². The molecule has 23 heavy (non-hydrogen) atoms. The zero-order valence-electron chi connectivity index (χ0n) is 13.1. The van der Waals surface area contributed by atoms with E-state index in [1.807, 2.05) is 0 Å². The Labute approximate surface area is 134 Å². The topological polar surface area (TPSA) is 91.8 Å². The van der Waals surface area contributed by atoms with Crippen molar-refractivity contribution in [3.05, 3.63) is 24.0 Å². The van der Waals surface area contributed by atoms with Gasteiger partial charge in [0.2, 0.25) is 0 Å². The molecule has 1 aliphatic carbocycles. The van der Waals surface area contributed by atoms with Gasteiger partial charge in [0.15, 0.2) is 0 Å². The van der Waals surface area contributed by atoms with E-state index in [9.17, 15) is 14.7 Å². The highest BCUT2D eigenvalue weighted by atomic mass is 16.5. The summed E-state index contributed by atoms with van der Waals surface area (Å²) < 4.78 is 5.04. The fraction of sp³-hybridized carbons (Fsp3) is 0.562. The van der Waals surface area contributed by atoms with Crippen molar-refractivity contribution in [2.24, 2.45) is 11.3 Å². The highest BCUT2D eigenvalue weighted by molar-refractivity contribution is 5.80. The molecule has 1 aromatic rings. The van der Waals surface area contributed by atoms with E-state index in [4.69, 9.17) is 4.74 Å². The molecule has 0 spiro atoms. The highest BCUT2D eigenvalue weighted by Crippen LogP contribution is 2.48. The van der Waals surface area contributed by atoms with Crippen molar-refractivity contribution >= 4 is 12.0 Å². The maximum atomic E-state index is 12.3. The predicted octanol–water partition coefficient (Wildman–Crippen LogP) is 1.49. The van der Waals surface area contributed by atoms with Gasteiger partial charge in [-0.05, 0) is 30.9 Å². The Morgan fingerprint density at radius 2 is 2.35 bits per heavy atom. The van der Waals surface area contributed by atoms with Gasteiger partial charge >= 0.3 is 12.0 Å². The lowest BCUT2D eigenvalue weighted by Crippen LogP contribution is -2.41. The summed E-state index contributed by atoms with van der Waals surface area (Å²) in [6.07, 6.45) is 4.08. The molecule has 1 saturated heterocycles. The molecule has 2 amide bonds. The van der Waals surface area contributed by atoms with Crippen LogP contribution in [0.5, 0.6) is 5.75 Å². The van der Waals surface area contributed by atoms with Gasteiger partial charge in [-0.15, -0.1) is 0 Å². The Kier molecular flexibility index (Phi) is 4.11. The van der Waals surface area contributed by atoms with Crippen LogP contribution in [0.15, 0.2) is 18.3 Å². The van der Waals surface area contributed by atoms with Crippen LogP contribution >= 0.6 is 0 Å². The maximum absolute atomic E-state index is 12.3. The second-order valence-electron chi connectivity index (χ2n) is 6.28. The molecular weight excluding hydrogens is 298 g/mol. The lowest BCUT2D eigenvalue weighted by Gasteiger charge is -2.23. The Balaban J connectivity index is 1.58. The van der Waals surface area contributed by atoms with Gasteiger partial charge in [0.1, 0.15) is 5.75 Å². The second kappa shape index (κ2) is 6.06. The first-order valence-electron chi connectivity index (χ1n) is 7.80. The number of pyridine rings is 1. The third kappa shape index (κ3) is 2.83. The van der Waals surface area contributed by atoms with Crippen molar-refractivity contribution in [1.29, 1.82) is 0 Å². The number of carboxylic acid groups (broad SMARTS) is 1. The van der Waals surface area contributed by atoms with E-state index in [-0.39, 0.29) is 11.9 Å². The minimum Gasteiger partial charge on any atom is -0.495 e. The normalized spacial score (nSPS) is 26.0. The van der Waals surface area contributed by atoms with E-state index in [1.165, 1.54) is 0 Å². The van der Waals surface area contributed by atoms with E-state index >= 15 is 0 Å². The minimum absolute atomic E-state index is 0.0739. The molecule has 2 heterocycles. The number of hydrogen-bond donors (Lipinski definition) is 2. The third-order valence-electron chi connectivity index (χ3n) is 5.04. The average molecular weight is 319 g/mol. The largest absolute Gasteiger partial charge is 0.495 e. The molecule has 7 nitrogen and oxygen atoms in total. The van der Waals surface area contributed by atoms with Gasteiger partial charge in [-0.25, -0.2) is 4.79 Å². The molecule has 3 rings (SSSR count). The fourth-order valence-corrected chi connectivity index (χ4v) is 3.71. The molecule has 0 radical (unpaired) electrons. The monoisotopic (exact) mass is 319 g/mol. The van der Waals surface area contributed by atoms with Crippen LogP contribution in [0.4, 0.5) is 4.79 Å². The SMILES string of the molecule is COc1ccc(CNC(=O)N2C[C@@H]3CCC[C@@]3(C(=O)O)C2)nc1. The molecule has 124 valence electrons. The zero-order valence-corrected chi connectivity index (χ0v) is 13.1. The summed E-state index contributed by atoms with van der Waals surface area (Å²) in [7, 11) is 1.57. The van der Waals surface area contributed by atoms with Crippen LogP contribution in [0.3, 0.4) is 0 Å². The number of hydrogen-bond acceptors (Lipinski definition) is 4. The number of aromatic nitrogens is 1. The number of nitrogens with zero attached hydrogens (tertiary/aromatic N) is 2. The lowest BCUT2D eigenvalue weighted by atomic mass is 9.81. The maximum Gasteiger partial charge on any atom is 0.317 e. The number of methoxy groups -OCH3 is 1. The summed E-state index contributed by atoms with van der Waals surface area (Å²) in [6.45, 7) is 1.13. The van der Waals surface area contributed by atoms with Gasteiger partial charge in [-0.2, -0.15) is 0 Å². The van der Waals surface area contributed by atoms with Crippen molar-refractivity contribution in [2.75, 3.05) is 20.2 Å². The van der Waals surface area contributed by atoms with Crippen molar-refractivity contribution in [1.82, 2.24) is 15.2 Å². The van der Waals surface area contributed by atoms with Crippen LogP contribution in [0.1, 0.15) is 25.0 Å². The standard InChI is InChI=1S/C16H21N3O4/c1-23-13-5-4-12(17-8-13)7-18-15(22)19-9-11-3-2-6-16(11,10-19)14(20)21/h4-5,8,11H,2-3,6-7,9-10H2,1H3,(H,18,22)(H,20,21)/t11-,16+/m0/s1. The summed E-state index contributed by atoms with van der Waals surface area (Å²) >= 11 is 0. The van der Waals surface area contributed by atoms with Crippen LogP contribution in [0.2, 0.25) is 0 Å². The Bertz CT molecular complexity index is 604. The highest BCUT2D eigenvalue weighted by Gasteiger charge is 2.55. The van der Waals surface area contributed by atoms with Gasteiger partial charge in [0, 0.05) is 13.1 Å². The minimum atomic E-state index is -0.771. The zero-order chi connectivity index (χ0) is 16.4. The summed E-state index contributed by atoms with van der Waals surface area (Å²) in [4.78, 5) is 29.8. The number of aliphatic carboxylic acids is 1. The van der Waals surface area contributed by atoms with E-state index in [2.05, 4.69) is 10.3 Å². The van der Waals surface area contributed by atoms with Crippen LogP contribution < -0.4 is 10.1 Å². The summed E-state index contributed by atoms with van der Waals surface area (Å²) in [5.74, 6) is -0.0344. The number of carbonyl (C=O) groups is 2. The number of amides is 2. The number of likely N-dealkylation sites (tertiary alicyclic amines) is 1. The molecule has 2 N–H and O–H groups in total. The number of fused-ring (bicyclic) bond motifs is 1. The van der Waals surface area contributed by atoms with Crippen molar-refractivity contribution < 1.29 is 19.4 Å². The van der Waals surface area contributed by atoms with E-state index in [1.54, 1.807) is 30.3 Å². The first-order chi connectivity index (χ1) is 11.0. The van der Waals surface area contributed by atoms with Crippen LogP contribution in [0.25, 0.3) is 0 Å². The van der Waals surface area contributed by atoms with Crippen LogP contribution in [-0.2, 0) is 11.3 Å². The van der Waals surface area contributed by atoms with Gasteiger partial charge in [-0.3, -0.25) is 9.78 Å². The number of nitrogens with one attached hydrogen (secondary N) is 1. The Morgan fingerprint density at radius 3 is 2.96 bits per heavy atom. The molecule has 0 bridgehead atoms. The van der Waals surface area contributed by atoms with Gasteiger partial charge in [-0.1, -0.05) is 6.42 Å².